The lowest BCUT2D eigenvalue weighted by Gasteiger charge is -2.41. The van der Waals surface area contributed by atoms with E-state index in [0.717, 1.165) is 25.7 Å². The van der Waals surface area contributed by atoms with Crippen molar-refractivity contribution in [2.45, 2.75) is 38.4 Å². The predicted molar refractivity (Wildman–Crippen MR) is 62.8 cm³/mol. The lowest BCUT2D eigenvalue weighted by Crippen LogP contribution is -2.47. The molecule has 1 aromatic carbocycles. The Bertz CT molecular complexity index is 445. The molecule has 17 heavy (non-hydrogen) atoms. The number of benzene rings is 1. The van der Waals surface area contributed by atoms with Crippen molar-refractivity contribution >= 4 is 5.97 Å². The van der Waals surface area contributed by atoms with E-state index in [0.29, 0.717) is 17.2 Å². The van der Waals surface area contributed by atoms with E-state index in [1.54, 1.807) is 6.07 Å². The van der Waals surface area contributed by atoms with Gasteiger partial charge in [0.15, 0.2) is 0 Å². The molecule has 0 saturated heterocycles. The minimum absolute atomic E-state index is 0.249. The molecule has 0 aromatic heterocycles. The van der Waals surface area contributed by atoms with Gasteiger partial charge >= 0.3 is 5.97 Å². The maximum atomic E-state index is 11.9. The van der Waals surface area contributed by atoms with Crippen molar-refractivity contribution in [3.63, 3.8) is 0 Å². The first-order valence-electron chi connectivity index (χ1n) is 6.20. The molecule has 1 saturated carbocycles. The third-order valence-electron chi connectivity index (χ3n) is 3.72. The molecule has 0 atom stereocenters. The summed E-state index contributed by atoms with van der Waals surface area (Å²) in [6.45, 7) is 2.23. The summed E-state index contributed by atoms with van der Waals surface area (Å²) in [5, 5.41) is 0. The molecular formula is C14H16O3. The van der Waals surface area contributed by atoms with Gasteiger partial charge in [-0.3, -0.25) is 0 Å². The second kappa shape index (κ2) is 3.76. The summed E-state index contributed by atoms with van der Waals surface area (Å²) in [7, 11) is 0. The molecule has 0 unspecified atom stereocenters. The fourth-order valence-electron chi connectivity index (χ4n) is 2.58. The molecule has 3 rings (SSSR count). The zero-order chi connectivity index (χ0) is 11.9. The van der Waals surface area contributed by atoms with E-state index in [2.05, 4.69) is 6.92 Å². The Balaban J connectivity index is 1.91. The number of ether oxygens (including phenoxy) is 2. The molecule has 0 N–H and O–H groups in total. The van der Waals surface area contributed by atoms with E-state index < -0.39 is 5.79 Å². The van der Waals surface area contributed by atoms with E-state index in [4.69, 9.17) is 9.47 Å². The van der Waals surface area contributed by atoms with Gasteiger partial charge in [0, 0.05) is 12.8 Å². The summed E-state index contributed by atoms with van der Waals surface area (Å²) < 4.78 is 11.5. The molecule has 3 heteroatoms. The van der Waals surface area contributed by atoms with E-state index in [1.807, 2.05) is 18.2 Å². The third kappa shape index (κ3) is 1.79. The molecule has 1 spiro atoms. The molecular weight excluding hydrogens is 216 g/mol. The summed E-state index contributed by atoms with van der Waals surface area (Å²) in [6.07, 6.45) is 3.70. The number of carbonyl (C=O) groups excluding carboxylic acids is 1. The molecule has 0 radical (unpaired) electrons. The Kier molecular flexibility index (Phi) is 2.35. The van der Waals surface area contributed by atoms with Gasteiger partial charge in [0.2, 0.25) is 0 Å². The average molecular weight is 232 g/mol. The molecule has 0 bridgehead atoms. The van der Waals surface area contributed by atoms with Crippen LogP contribution in [0.3, 0.4) is 0 Å². The van der Waals surface area contributed by atoms with Crippen LogP contribution in [0.1, 0.15) is 43.0 Å². The van der Waals surface area contributed by atoms with Gasteiger partial charge in [-0.15, -0.1) is 0 Å². The monoisotopic (exact) mass is 232 g/mol. The second-order valence-corrected chi connectivity index (χ2v) is 5.08. The summed E-state index contributed by atoms with van der Waals surface area (Å²) in [5.74, 6) is 0.414. The summed E-state index contributed by atoms with van der Waals surface area (Å²) >= 11 is 0. The van der Waals surface area contributed by atoms with E-state index in [-0.39, 0.29) is 5.97 Å². The lowest BCUT2D eigenvalue weighted by atomic mass is 9.86. The number of rotatable bonds is 0. The van der Waals surface area contributed by atoms with Crippen molar-refractivity contribution in [1.29, 1.82) is 0 Å². The minimum Gasteiger partial charge on any atom is -0.451 e. The van der Waals surface area contributed by atoms with Crippen LogP contribution >= 0.6 is 0 Å². The Morgan fingerprint density at radius 3 is 2.65 bits per heavy atom. The maximum Gasteiger partial charge on any atom is 0.345 e. The highest BCUT2D eigenvalue weighted by atomic mass is 16.7. The third-order valence-corrected chi connectivity index (χ3v) is 3.72. The van der Waals surface area contributed by atoms with Crippen molar-refractivity contribution in [1.82, 2.24) is 0 Å². The number of carbonyl (C=O) groups is 1. The molecule has 3 nitrogen and oxygen atoms in total. The molecule has 1 heterocycles. The highest BCUT2D eigenvalue weighted by molar-refractivity contribution is 5.93. The fourth-order valence-corrected chi connectivity index (χ4v) is 2.58. The number of hydrogen-bond acceptors (Lipinski definition) is 3. The average Bonchev–Trinajstić information content (AvgIpc) is 2.34. The van der Waals surface area contributed by atoms with Crippen molar-refractivity contribution < 1.29 is 14.3 Å². The molecule has 1 aliphatic heterocycles. The molecule has 90 valence electrons. The van der Waals surface area contributed by atoms with Crippen molar-refractivity contribution in [2.24, 2.45) is 5.92 Å². The summed E-state index contributed by atoms with van der Waals surface area (Å²) in [6, 6.07) is 7.30. The van der Waals surface area contributed by atoms with Gasteiger partial charge < -0.3 is 9.47 Å². The first-order chi connectivity index (χ1) is 8.19. The largest absolute Gasteiger partial charge is 0.451 e. The number of para-hydroxylation sites is 1. The van der Waals surface area contributed by atoms with E-state index in [9.17, 15) is 4.79 Å². The zero-order valence-electron chi connectivity index (χ0n) is 9.94. The van der Waals surface area contributed by atoms with Crippen LogP contribution in [0.25, 0.3) is 0 Å². The Morgan fingerprint density at radius 1 is 1.18 bits per heavy atom. The summed E-state index contributed by atoms with van der Waals surface area (Å²) in [4.78, 5) is 11.9. The fraction of sp³-hybridized carbons (Fsp3) is 0.500. The highest BCUT2D eigenvalue weighted by Crippen LogP contribution is 2.41. The smallest absolute Gasteiger partial charge is 0.345 e. The first-order valence-corrected chi connectivity index (χ1v) is 6.20. The van der Waals surface area contributed by atoms with Crippen LogP contribution in [-0.4, -0.2) is 11.8 Å². The first kappa shape index (κ1) is 10.6. The predicted octanol–water partition coefficient (Wildman–Crippen LogP) is 3.14. The second-order valence-electron chi connectivity index (χ2n) is 5.08. The van der Waals surface area contributed by atoms with Gasteiger partial charge in [-0.25, -0.2) is 4.79 Å². The Labute approximate surface area is 101 Å². The van der Waals surface area contributed by atoms with Crippen LogP contribution in [0.5, 0.6) is 5.75 Å². The van der Waals surface area contributed by atoms with Crippen LogP contribution in [0.15, 0.2) is 24.3 Å². The topological polar surface area (TPSA) is 35.5 Å². The van der Waals surface area contributed by atoms with E-state index in [1.165, 1.54) is 0 Å². The van der Waals surface area contributed by atoms with Gasteiger partial charge in [0.25, 0.3) is 5.79 Å². The van der Waals surface area contributed by atoms with Crippen molar-refractivity contribution in [3.05, 3.63) is 29.8 Å². The lowest BCUT2D eigenvalue weighted by molar-refractivity contribution is -0.177. The zero-order valence-corrected chi connectivity index (χ0v) is 9.94. The standard InChI is InChI=1S/C14H16O3/c1-10-6-8-14(9-7-10)16-12-5-3-2-4-11(12)13(15)17-14/h2-5,10H,6-9H2,1H3. The van der Waals surface area contributed by atoms with Crippen LogP contribution in [-0.2, 0) is 4.74 Å². The maximum absolute atomic E-state index is 11.9. The summed E-state index contributed by atoms with van der Waals surface area (Å²) in [5.41, 5.74) is 0.539. The molecule has 0 amide bonds. The van der Waals surface area contributed by atoms with Crippen molar-refractivity contribution in [2.75, 3.05) is 0 Å². The van der Waals surface area contributed by atoms with Gasteiger partial charge in [0.1, 0.15) is 11.3 Å². The molecule has 2 aliphatic rings. The highest BCUT2D eigenvalue weighted by Gasteiger charge is 2.44. The minimum atomic E-state index is -0.696. The van der Waals surface area contributed by atoms with Crippen LogP contribution < -0.4 is 4.74 Å². The van der Waals surface area contributed by atoms with Gasteiger partial charge in [-0.1, -0.05) is 19.1 Å². The van der Waals surface area contributed by atoms with Gasteiger partial charge in [-0.2, -0.15) is 0 Å². The Morgan fingerprint density at radius 2 is 1.88 bits per heavy atom. The van der Waals surface area contributed by atoms with Gasteiger partial charge in [0.05, 0.1) is 0 Å². The van der Waals surface area contributed by atoms with Gasteiger partial charge in [-0.05, 0) is 30.9 Å². The molecule has 1 aromatic rings. The van der Waals surface area contributed by atoms with Crippen LogP contribution in [0.4, 0.5) is 0 Å². The normalized spacial score (nSPS) is 31.6. The Hall–Kier alpha value is -1.51. The quantitative estimate of drug-likeness (QED) is 0.645. The molecule has 1 aliphatic carbocycles. The number of hydrogen-bond donors (Lipinski definition) is 0. The molecule has 1 fully saturated rings. The number of fused-ring (bicyclic) bond motifs is 1. The van der Waals surface area contributed by atoms with Crippen LogP contribution in [0.2, 0.25) is 0 Å². The van der Waals surface area contributed by atoms with Crippen molar-refractivity contribution in [3.8, 4) is 5.75 Å². The SMILES string of the molecule is CC1CCC2(CC1)OC(=O)c1ccccc1O2. The number of esters is 1. The van der Waals surface area contributed by atoms with Crippen LogP contribution in [0, 0.1) is 5.92 Å². The van der Waals surface area contributed by atoms with E-state index >= 15 is 0 Å².